The normalized spacial score (nSPS) is 19.1. The maximum absolute atomic E-state index is 5.59. The first kappa shape index (κ1) is 13.6. The van der Waals surface area contributed by atoms with Gasteiger partial charge in [0.1, 0.15) is 0 Å². The van der Waals surface area contributed by atoms with Crippen LogP contribution in [0.3, 0.4) is 0 Å². The van der Waals surface area contributed by atoms with Crippen molar-refractivity contribution in [2.24, 2.45) is 0 Å². The fraction of sp³-hybridized carbons (Fsp3) is 0.571. The van der Waals surface area contributed by atoms with E-state index in [4.69, 9.17) is 4.74 Å². The Hall–Kier alpha value is -0.470. The lowest BCUT2D eigenvalue weighted by Crippen LogP contribution is -2.07. The average molecular weight is 238 g/mol. The summed E-state index contributed by atoms with van der Waals surface area (Å²) in [5, 5.41) is 0. The molecule has 1 nitrogen and oxygen atoms in total. The summed E-state index contributed by atoms with van der Waals surface area (Å²) in [6, 6.07) is 8.54. The van der Waals surface area contributed by atoms with Gasteiger partial charge in [-0.3, -0.25) is 0 Å². The van der Waals surface area contributed by atoms with Gasteiger partial charge in [-0.05, 0) is 31.4 Å². The number of aryl methyl sites for hydroxylation is 1. The monoisotopic (exact) mass is 238 g/mol. The third kappa shape index (κ3) is 4.18. The van der Waals surface area contributed by atoms with Crippen molar-refractivity contribution in [1.29, 1.82) is 0 Å². The van der Waals surface area contributed by atoms with Gasteiger partial charge in [-0.2, -0.15) is 0 Å². The maximum atomic E-state index is 5.59. The van der Waals surface area contributed by atoms with E-state index in [9.17, 15) is 0 Å². The van der Waals surface area contributed by atoms with Crippen LogP contribution in [0.1, 0.15) is 32.3 Å². The molecule has 0 spiro atoms. The molecule has 1 fully saturated rings. The Kier molecular flexibility index (Phi) is 6.58. The Morgan fingerprint density at radius 1 is 1.31 bits per heavy atom. The van der Waals surface area contributed by atoms with Crippen LogP contribution in [0.4, 0.5) is 0 Å². The standard InChI is InChI=1S/C12H16OS.C2H6/c1-10-5-2-3-7-12(10)14-9-11-6-4-8-13-11;1-2/h2-3,5,7,11H,4,6,8-9H2,1H3;1-2H3. The van der Waals surface area contributed by atoms with E-state index in [0.717, 1.165) is 12.4 Å². The van der Waals surface area contributed by atoms with Gasteiger partial charge in [-0.15, -0.1) is 11.8 Å². The Morgan fingerprint density at radius 2 is 2.06 bits per heavy atom. The zero-order chi connectivity index (χ0) is 11.8. The Morgan fingerprint density at radius 3 is 2.69 bits per heavy atom. The molecule has 0 amide bonds. The van der Waals surface area contributed by atoms with Crippen molar-refractivity contribution in [2.75, 3.05) is 12.4 Å². The first-order valence-corrected chi connectivity index (χ1v) is 7.15. The van der Waals surface area contributed by atoms with E-state index < -0.39 is 0 Å². The lowest BCUT2D eigenvalue weighted by atomic mass is 10.2. The summed E-state index contributed by atoms with van der Waals surface area (Å²) in [6.45, 7) is 7.12. The van der Waals surface area contributed by atoms with Gasteiger partial charge < -0.3 is 4.74 Å². The summed E-state index contributed by atoms with van der Waals surface area (Å²) >= 11 is 1.92. The number of hydrogen-bond acceptors (Lipinski definition) is 2. The van der Waals surface area contributed by atoms with Crippen molar-refractivity contribution >= 4 is 11.8 Å². The molecule has 0 N–H and O–H groups in total. The summed E-state index contributed by atoms with van der Waals surface area (Å²) in [4.78, 5) is 1.39. The van der Waals surface area contributed by atoms with Crippen LogP contribution in [0.25, 0.3) is 0 Å². The molecule has 1 saturated heterocycles. The predicted octanol–water partition coefficient (Wildman–Crippen LogP) is 4.29. The number of ether oxygens (including phenoxy) is 1. The van der Waals surface area contributed by atoms with Crippen molar-refractivity contribution in [3.05, 3.63) is 29.8 Å². The fourth-order valence-electron chi connectivity index (χ4n) is 1.68. The van der Waals surface area contributed by atoms with Gasteiger partial charge in [0, 0.05) is 17.3 Å². The molecule has 2 rings (SSSR count). The molecular formula is C14H22OS. The summed E-state index contributed by atoms with van der Waals surface area (Å²) in [5.74, 6) is 1.10. The van der Waals surface area contributed by atoms with E-state index in [1.165, 1.54) is 23.3 Å². The molecule has 1 aromatic rings. The topological polar surface area (TPSA) is 9.23 Å². The van der Waals surface area contributed by atoms with Gasteiger partial charge in [0.25, 0.3) is 0 Å². The number of thioether (sulfide) groups is 1. The van der Waals surface area contributed by atoms with Crippen molar-refractivity contribution in [1.82, 2.24) is 0 Å². The molecule has 2 heteroatoms. The van der Waals surface area contributed by atoms with Gasteiger partial charge in [0.05, 0.1) is 6.10 Å². The zero-order valence-electron chi connectivity index (χ0n) is 10.5. The Balaban J connectivity index is 0.000000606. The molecule has 1 atom stereocenters. The van der Waals surface area contributed by atoms with Crippen LogP contribution < -0.4 is 0 Å². The minimum atomic E-state index is 0.486. The van der Waals surface area contributed by atoms with Gasteiger partial charge in [-0.1, -0.05) is 32.0 Å². The van der Waals surface area contributed by atoms with Crippen LogP contribution in [0.5, 0.6) is 0 Å². The van der Waals surface area contributed by atoms with Crippen molar-refractivity contribution in [3.8, 4) is 0 Å². The van der Waals surface area contributed by atoms with E-state index in [1.807, 2.05) is 25.6 Å². The molecule has 0 aliphatic carbocycles. The molecule has 0 saturated carbocycles. The second-order valence-corrected chi connectivity index (χ2v) is 4.77. The molecule has 0 aromatic heterocycles. The molecular weight excluding hydrogens is 216 g/mol. The first-order chi connectivity index (χ1) is 7.86. The van der Waals surface area contributed by atoms with Crippen LogP contribution in [-0.2, 0) is 4.74 Å². The van der Waals surface area contributed by atoms with Crippen LogP contribution in [0.15, 0.2) is 29.2 Å². The van der Waals surface area contributed by atoms with Crippen molar-refractivity contribution in [2.45, 2.75) is 44.6 Å². The van der Waals surface area contributed by atoms with Crippen LogP contribution >= 0.6 is 11.8 Å². The van der Waals surface area contributed by atoms with Gasteiger partial charge in [-0.25, -0.2) is 0 Å². The number of rotatable bonds is 3. The van der Waals surface area contributed by atoms with E-state index in [0.29, 0.717) is 6.10 Å². The van der Waals surface area contributed by atoms with E-state index >= 15 is 0 Å². The first-order valence-electron chi connectivity index (χ1n) is 6.16. The minimum Gasteiger partial charge on any atom is -0.377 e. The highest BCUT2D eigenvalue weighted by Gasteiger charge is 2.15. The lowest BCUT2D eigenvalue weighted by molar-refractivity contribution is 0.129. The largest absolute Gasteiger partial charge is 0.377 e. The molecule has 0 radical (unpaired) electrons. The third-order valence-electron chi connectivity index (χ3n) is 2.54. The van der Waals surface area contributed by atoms with Crippen LogP contribution in [0.2, 0.25) is 0 Å². The highest BCUT2D eigenvalue weighted by molar-refractivity contribution is 7.99. The summed E-state index contributed by atoms with van der Waals surface area (Å²) in [5.41, 5.74) is 1.37. The molecule has 1 aliphatic rings. The second-order valence-electron chi connectivity index (χ2n) is 3.71. The second kappa shape index (κ2) is 7.75. The molecule has 1 aliphatic heterocycles. The van der Waals surface area contributed by atoms with Crippen molar-refractivity contribution in [3.63, 3.8) is 0 Å². The van der Waals surface area contributed by atoms with Gasteiger partial charge in [0.2, 0.25) is 0 Å². The highest BCUT2D eigenvalue weighted by atomic mass is 32.2. The van der Waals surface area contributed by atoms with Crippen molar-refractivity contribution < 1.29 is 4.74 Å². The molecule has 1 aromatic carbocycles. The summed E-state index contributed by atoms with van der Waals surface area (Å²) in [7, 11) is 0. The van der Waals surface area contributed by atoms with Gasteiger partial charge >= 0.3 is 0 Å². The summed E-state index contributed by atoms with van der Waals surface area (Å²) < 4.78 is 5.59. The van der Waals surface area contributed by atoms with Gasteiger partial charge in [0.15, 0.2) is 0 Å². The van der Waals surface area contributed by atoms with E-state index in [2.05, 4.69) is 31.2 Å². The fourth-order valence-corrected chi connectivity index (χ4v) is 2.78. The molecule has 0 bridgehead atoms. The molecule has 90 valence electrons. The number of benzene rings is 1. The average Bonchev–Trinajstić information content (AvgIpc) is 2.84. The number of hydrogen-bond donors (Lipinski definition) is 0. The molecule has 1 unspecified atom stereocenters. The van der Waals surface area contributed by atoms with E-state index in [1.54, 1.807) is 0 Å². The Labute approximate surface area is 104 Å². The van der Waals surface area contributed by atoms with Crippen LogP contribution in [0, 0.1) is 6.92 Å². The molecule has 16 heavy (non-hydrogen) atoms. The quantitative estimate of drug-likeness (QED) is 0.726. The SMILES string of the molecule is CC.Cc1ccccc1SCC1CCCO1. The Bertz CT molecular complexity index is 293. The zero-order valence-corrected chi connectivity index (χ0v) is 11.3. The van der Waals surface area contributed by atoms with Crippen LogP contribution in [-0.4, -0.2) is 18.5 Å². The molecule has 1 heterocycles. The smallest absolute Gasteiger partial charge is 0.0669 e. The highest BCUT2D eigenvalue weighted by Crippen LogP contribution is 2.25. The van der Waals surface area contributed by atoms with E-state index in [-0.39, 0.29) is 0 Å². The predicted molar refractivity (Wildman–Crippen MR) is 72.2 cm³/mol. The maximum Gasteiger partial charge on any atom is 0.0669 e. The third-order valence-corrected chi connectivity index (χ3v) is 3.85. The summed E-state index contributed by atoms with van der Waals surface area (Å²) in [6.07, 6.45) is 2.96. The minimum absolute atomic E-state index is 0.486. The lowest BCUT2D eigenvalue weighted by Gasteiger charge is -2.09.